The minimum atomic E-state index is -3.24. The van der Waals surface area contributed by atoms with Crippen molar-refractivity contribution in [2.75, 3.05) is 11.9 Å². The standard InChI is InChI=1S/C17H18F3N3O4/c1-16(2)4-5-23-13(22(16)3)8-12(21-15(23)24)27-17(25,26)9-6-10(18)14(20)11(19)7-9/h6-8,25-26H,4-5H2,1-3H3. The zero-order valence-electron chi connectivity index (χ0n) is 14.8. The highest BCUT2D eigenvalue weighted by molar-refractivity contribution is 5.46. The number of aromatic nitrogens is 2. The monoisotopic (exact) mass is 385 g/mol. The largest absolute Gasteiger partial charge is 0.417 e. The fourth-order valence-electron chi connectivity index (χ4n) is 2.83. The number of ether oxygens (including phenoxy) is 1. The van der Waals surface area contributed by atoms with E-state index in [4.69, 9.17) is 4.74 Å². The summed E-state index contributed by atoms with van der Waals surface area (Å²) in [5.74, 6) is -8.29. The van der Waals surface area contributed by atoms with Crippen LogP contribution in [0.3, 0.4) is 0 Å². The smallest absolute Gasteiger partial charge is 0.352 e. The van der Waals surface area contributed by atoms with Gasteiger partial charge in [-0.25, -0.2) is 18.0 Å². The van der Waals surface area contributed by atoms with Crippen LogP contribution >= 0.6 is 0 Å². The van der Waals surface area contributed by atoms with E-state index in [1.807, 2.05) is 13.8 Å². The van der Waals surface area contributed by atoms with Crippen molar-refractivity contribution in [3.8, 4) is 5.88 Å². The van der Waals surface area contributed by atoms with E-state index in [1.54, 1.807) is 11.9 Å². The fraction of sp³-hybridized carbons (Fsp3) is 0.412. The van der Waals surface area contributed by atoms with Crippen molar-refractivity contribution >= 4 is 5.82 Å². The third kappa shape index (κ3) is 3.37. The second-order valence-electron chi connectivity index (χ2n) is 6.97. The first-order valence-corrected chi connectivity index (χ1v) is 8.07. The summed E-state index contributed by atoms with van der Waals surface area (Å²) in [4.78, 5) is 17.7. The Balaban J connectivity index is 2.00. The molecule has 0 aliphatic carbocycles. The second-order valence-corrected chi connectivity index (χ2v) is 6.97. The quantitative estimate of drug-likeness (QED) is 0.614. The topological polar surface area (TPSA) is 87.8 Å². The Morgan fingerprint density at radius 2 is 1.78 bits per heavy atom. The number of hydrogen-bond acceptors (Lipinski definition) is 6. The molecule has 0 fully saturated rings. The molecule has 0 atom stereocenters. The van der Waals surface area contributed by atoms with Gasteiger partial charge in [-0.3, -0.25) is 4.57 Å². The highest BCUT2D eigenvalue weighted by atomic mass is 19.2. The summed E-state index contributed by atoms with van der Waals surface area (Å²) < 4.78 is 46.1. The molecule has 1 aromatic heterocycles. The van der Waals surface area contributed by atoms with Crippen molar-refractivity contribution < 1.29 is 28.1 Å². The van der Waals surface area contributed by atoms with Crippen LogP contribution in [0.25, 0.3) is 0 Å². The number of hydrogen-bond donors (Lipinski definition) is 2. The minimum Gasteiger partial charge on any atom is -0.417 e. The summed E-state index contributed by atoms with van der Waals surface area (Å²) in [6, 6.07) is 2.05. The molecule has 0 spiro atoms. The van der Waals surface area contributed by atoms with Gasteiger partial charge in [-0.1, -0.05) is 0 Å². The van der Waals surface area contributed by atoms with Crippen molar-refractivity contribution in [1.29, 1.82) is 0 Å². The maximum Gasteiger partial charge on any atom is 0.352 e. The molecule has 7 nitrogen and oxygen atoms in total. The van der Waals surface area contributed by atoms with E-state index in [2.05, 4.69) is 4.98 Å². The summed E-state index contributed by atoms with van der Waals surface area (Å²) in [6.45, 7) is 4.35. The number of benzene rings is 1. The predicted molar refractivity (Wildman–Crippen MR) is 88.7 cm³/mol. The number of rotatable bonds is 3. The van der Waals surface area contributed by atoms with Gasteiger partial charge in [0, 0.05) is 25.2 Å². The first-order chi connectivity index (χ1) is 12.4. The molecule has 0 amide bonds. The second kappa shape index (κ2) is 6.24. The summed E-state index contributed by atoms with van der Waals surface area (Å²) in [6.07, 6.45) is 0.691. The average Bonchev–Trinajstić information content (AvgIpc) is 2.55. The van der Waals surface area contributed by atoms with Crippen LogP contribution in [0.2, 0.25) is 0 Å². The average molecular weight is 385 g/mol. The Bertz CT molecular complexity index is 936. The molecule has 10 heteroatoms. The molecule has 146 valence electrons. The Kier molecular flexibility index (Phi) is 4.43. The number of aliphatic hydroxyl groups is 2. The van der Waals surface area contributed by atoms with Crippen LogP contribution in [0.5, 0.6) is 5.88 Å². The SMILES string of the molecule is CN1c2cc(OC(O)(O)c3cc(F)c(F)c(F)c3)nc(=O)n2CCC1(C)C. The van der Waals surface area contributed by atoms with Crippen molar-refractivity contribution in [2.24, 2.45) is 0 Å². The molecule has 27 heavy (non-hydrogen) atoms. The first-order valence-electron chi connectivity index (χ1n) is 8.07. The van der Waals surface area contributed by atoms with Crippen LogP contribution < -0.4 is 15.3 Å². The Hall–Kier alpha value is -2.59. The summed E-state index contributed by atoms with van der Waals surface area (Å²) in [7, 11) is 1.75. The molecule has 1 aromatic carbocycles. The molecule has 0 saturated heterocycles. The molecule has 0 saturated carbocycles. The molecule has 1 aliphatic rings. The molecule has 3 rings (SSSR count). The third-order valence-electron chi connectivity index (χ3n) is 4.77. The lowest BCUT2D eigenvalue weighted by Crippen LogP contribution is -2.49. The fourth-order valence-corrected chi connectivity index (χ4v) is 2.83. The maximum absolute atomic E-state index is 13.4. The van der Waals surface area contributed by atoms with Gasteiger partial charge in [0.1, 0.15) is 5.82 Å². The van der Waals surface area contributed by atoms with Crippen molar-refractivity contribution in [3.63, 3.8) is 0 Å². The molecular weight excluding hydrogens is 367 g/mol. The van der Waals surface area contributed by atoms with E-state index in [0.717, 1.165) is 0 Å². The van der Waals surface area contributed by atoms with E-state index in [1.165, 1.54) is 10.6 Å². The Morgan fingerprint density at radius 1 is 1.19 bits per heavy atom. The zero-order chi connectivity index (χ0) is 20.1. The molecule has 2 heterocycles. The molecule has 1 aliphatic heterocycles. The van der Waals surface area contributed by atoms with Crippen LogP contribution in [0.1, 0.15) is 25.8 Å². The van der Waals surface area contributed by atoms with Crippen LogP contribution in [0.4, 0.5) is 19.0 Å². The minimum absolute atomic E-state index is 0.274. The molecule has 0 unspecified atom stereocenters. The molecule has 2 aromatic rings. The third-order valence-corrected chi connectivity index (χ3v) is 4.77. The molecular formula is C17H18F3N3O4. The van der Waals surface area contributed by atoms with Gasteiger partial charge in [0.15, 0.2) is 17.5 Å². The number of halogens is 3. The highest BCUT2D eigenvalue weighted by Gasteiger charge is 2.35. The zero-order valence-corrected chi connectivity index (χ0v) is 14.8. The van der Waals surface area contributed by atoms with Crippen LogP contribution in [0, 0.1) is 17.5 Å². The molecule has 2 N–H and O–H groups in total. The van der Waals surface area contributed by atoms with E-state index >= 15 is 0 Å². The lowest BCUT2D eigenvalue weighted by Gasteiger charge is -2.42. The first kappa shape index (κ1) is 19.2. The van der Waals surface area contributed by atoms with E-state index in [0.29, 0.717) is 30.9 Å². The lowest BCUT2D eigenvalue weighted by molar-refractivity contribution is -0.305. The predicted octanol–water partition coefficient (Wildman–Crippen LogP) is 1.45. The Morgan fingerprint density at radius 3 is 2.37 bits per heavy atom. The van der Waals surface area contributed by atoms with Crippen molar-refractivity contribution in [1.82, 2.24) is 9.55 Å². The number of nitrogens with zero attached hydrogens (tertiary/aromatic N) is 3. The number of anilines is 1. The van der Waals surface area contributed by atoms with Crippen molar-refractivity contribution in [2.45, 2.75) is 38.3 Å². The number of fused-ring (bicyclic) bond motifs is 1. The van der Waals surface area contributed by atoms with Gasteiger partial charge in [-0.2, -0.15) is 4.98 Å². The summed E-state index contributed by atoms with van der Waals surface area (Å²) >= 11 is 0. The Labute approximate surface area is 152 Å². The maximum atomic E-state index is 13.4. The van der Waals surface area contributed by atoms with Crippen LogP contribution in [-0.4, -0.2) is 32.4 Å². The molecule has 0 radical (unpaired) electrons. The van der Waals surface area contributed by atoms with Crippen LogP contribution in [-0.2, 0) is 12.5 Å². The van der Waals surface area contributed by atoms with E-state index in [-0.39, 0.29) is 5.54 Å². The lowest BCUT2D eigenvalue weighted by atomic mass is 9.96. The summed E-state index contributed by atoms with van der Waals surface area (Å²) in [5.41, 5.74) is -1.76. The highest BCUT2D eigenvalue weighted by Crippen LogP contribution is 2.32. The van der Waals surface area contributed by atoms with Gasteiger partial charge in [0.2, 0.25) is 5.88 Å². The summed E-state index contributed by atoms with van der Waals surface area (Å²) in [5, 5.41) is 20.1. The van der Waals surface area contributed by atoms with E-state index in [9.17, 15) is 28.2 Å². The van der Waals surface area contributed by atoms with Gasteiger partial charge >= 0.3 is 11.7 Å². The van der Waals surface area contributed by atoms with E-state index < -0.39 is 40.6 Å². The van der Waals surface area contributed by atoms with Gasteiger partial charge < -0.3 is 19.8 Å². The van der Waals surface area contributed by atoms with Gasteiger partial charge in [-0.15, -0.1) is 0 Å². The van der Waals surface area contributed by atoms with Gasteiger partial charge in [-0.05, 0) is 32.4 Å². The normalized spacial score (nSPS) is 16.2. The van der Waals surface area contributed by atoms with Crippen molar-refractivity contribution in [3.05, 3.63) is 51.7 Å². The van der Waals surface area contributed by atoms with Gasteiger partial charge in [0.05, 0.1) is 5.56 Å². The van der Waals surface area contributed by atoms with Crippen LogP contribution in [0.15, 0.2) is 23.0 Å². The van der Waals surface area contributed by atoms with Gasteiger partial charge in [0.25, 0.3) is 0 Å². The molecule has 0 bridgehead atoms.